The van der Waals surface area contributed by atoms with E-state index in [4.69, 9.17) is 0 Å². The topological polar surface area (TPSA) is 20.2 Å². The molecule has 1 fully saturated rings. The summed E-state index contributed by atoms with van der Waals surface area (Å²) in [7, 11) is 0. The van der Waals surface area contributed by atoms with Crippen LogP contribution in [-0.4, -0.2) is 11.2 Å². The molecule has 0 aliphatic heterocycles. The van der Waals surface area contributed by atoms with Crippen molar-refractivity contribution < 1.29 is 5.11 Å². The standard InChI is InChI=1S/C10H18O/c1-7(2)9-5-4-6-10(11)8(9)3/h7,9-11H,3-6H2,1-2H3/t9-,10+/m0/s1. The molecule has 0 unspecified atom stereocenters. The zero-order valence-corrected chi connectivity index (χ0v) is 7.51. The number of rotatable bonds is 1. The summed E-state index contributed by atoms with van der Waals surface area (Å²) in [6.07, 6.45) is 3.06. The van der Waals surface area contributed by atoms with Crippen LogP contribution in [-0.2, 0) is 0 Å². The van der Waals surface area contributed by atoms with Gasteiger partial charge in [-0.1, -0.05) is 20.4 Å². The van der Waals surface area contributed by atoms with Gasteiger partial charge in [0.05, 0.1) is 6.10 Å². The summed E-state index contributed by atoms with van der Waals surface area (Å²) in [6.45, 7) is 8.35. The minimum atomic E-state index is -0.226. The van der Waals surface area contributed by atoms with Crippen LogP contribution in [0, 0.1) is 11.8 Å². The monoisotopic (exact) mass is 154 g/mol. The van der Waals surface area contributed by atoms with Gasteiger partial charge in [-0.25, -0.2) is 0 Å². The Balaban J connectivity index is 2.58. The van der Waals surface area contributed by atoms with E-state index in [-0.39, 0.29) is 6.10 Å². The quantitative estimate of drug-likeness (QED) is 0.575. The summed E-state index contributed by atoms with van der Waals surface area (Å²) in [5, 5.41) is 9.50. The van der Waals surface area contributed by atoms with Crippen LogP contribution in [0.25, 0.3) is 0 Å². The lowest BCUT2D eigenvalue weighted by atomic mass is 9.77. The van der Waals surface area contributed by atoms with E-state index in [9.17, 15) is 5.11 Å². The molecule has 0 spiro atoms. The lowest BCUT2D eigenvalue weighted by Crippen LogP contribution is -2.25. The van der Waals surface area contributed by atoms with Crippen LogP contribution in [0.15, 0.2) is 12.2 Å². The fourth-order valence-electron chi connectivity index (χ4n) is 1.91. The molecule has 1 aliphatic rings. The molecule has 64 valence electrons. The van der Waals surface area contributed by atoms with Crippen LogP contribution < -0.4 is 0 Å². The first-order valence-corrected chi connectivity index (χ1v) is 4.49. The molecule has 0 saturated heterocycles. The Bertz CT molecular complexity index is 149. The van der Waals surface area contributed by atoms with Gasteiger partial charge in [0, 0.05) is 0 Å². The number of hydrogen-bond acceptors (Lipinski definition) is 1. The number of aliphatic hydroxyl groups excluding tert-OH is 1. The Morgan fingerprint density at radius 3 is 2.55 bits per heavy atom. The molecule has 0 amide bonds. The maximum Gasteiger partial charge on any atom is 0.0750 e. The zero-order valence-electron chi connectivity index (χ0n) is 7.51. The lowest BCUT2D eigenvalue weighted by Gasteiger charge is -2.31. The van der Waals surface area contributed by atoms with Crippen molar-refractivity contribution in [1.82, 2.24) is 0 Å². The van der Waals surface area contributed by atoms with Crippen LogP contribution in [0.5, 0.6) is 0 Å². The van der Waals surface area contributed by atoms with E-state index >= 15 is 0 Å². The van der Waals surface area contributed by atoms with E-state index in [2.05, 4.69) is 20.4 Å². The lowest BCUT2D eigenvalue weighted by molar-refractivity contribution is 0.148. The molecule has 2 atom stereocenters. The molecular weight excluding hydrogens is 136 g/mol. The molecule has 0 heterocycles. The summed E-state index contributed by atoms with van der Waals surface area (Å²) in [5.41, 5.74) is 1.06. The molecule has 1 aliphatic carbocycles. The van der Waals surface area contributed by atoms with Gasteiger partial charge in [0.25, 0.3) is 0 Å². The van der Waals surface area contributed by atoms with E-state index < -0.39 is 0 Å². The van der Waals surface area contributed by atoms with Crippen molar-refractivity contribution in [2.24, 2.45) is 11.8 Å². The Labute approximate surface area is 69.1 Å². The van der Waals surface area contributed by atoms with E-state index in [1.807, 2.05) is 0 Å². The maximum atomic E-state index is 9.50. The van der Waals surface area contributed by atoms with Gasteiger partial charge in [0.15, 0.2) is 0 Å². The van der Waals surface area contributed by atoms with Crippen molar-refractivity contribution in [1.29, 1.82) is 0 Å². The Kier molecular flexibility index (Phi) is 2.72. The van der Waals surface area contributed by atoms with Gasteiger partial charge in [-0.05, 0) is 36.7 Å². The third kappa shape index (κ3) is 1.84. The minimum Gasteiger partial charge on any atom is -0.389 e. The smallest absolute Gasteiger partial charge is 0.0750 e. The number of hydrogen-bond donors (Lipinski definition) is 1. The van der Waals surface area contributed by atoms with Gasteiger partial charge in [-0.15, -0.1) is 0 Å². The highest BCUT2D eigenvalue weighted by molar-refractivity contribution is 5.10. The fourth-order valence-corrected chi connectivity index (χ4v) is 1.91. The maximum absolute atomic E-state index is 9.50. The van der Waals surface area contributed by atoms with Gasteiger partial charge < -0.3 is 5.11 Å². The molecule has 0 radical (unpaired) electrons. The molecule has 1 nitrogen and oxygen atoms in total. The number of aliphatic hydroxyl groups is 1. The summed E-state index contributed by atoms with van der Waals surface area (Å²) in [5.74, 6) is 1.19. The zero-order chi connectivity index (χ0) is 8.43. The highest BCUT2D eigenvalue weighted by atomic mass is 16.3. The molecule has 0 aromatic heterocycles. The third-order valence-corrected chi connectivity index (χ3v) is 2.70. The second-order valence-corrected chi connectivity index (χ2v) is 3.87. The molecule has 1 N–H and O–H groups in total. The van der Waals surface area contributed by atoms with Crippen molar-refractivity contribution >= 4 is 0 Å². The third-order valence-electron chi connectivity index (χ3n) is 2.70. The highest BCUT2D eigenvalue weighted by Gasteiger charge is 2.25. The van der Waals surface area contributed by atoms with Crippen molar-refractivity contribution in [2.75, 3.05) is 0 Å². The molecule has 1 rings (SSSR count). The Morgan fingerprint density at radius 1 is 1.45 bits per heavy atom. The predicted octanol–water partition coefficient (Wildman–Crippen LogP) is 2.36. The van der Waals surface area contributed by atoms with Crippen molar-refractivity contribution in [3.63, 3.8) is 0 Å². The van der Waals surface area contributed by atoms with Crippen LogP contribution in [0.4, 0.5) is 0 Å². The summed E-state index contributed by atoms with van der Waals surface area (Å²) in [4.78, 5) is 0. The van der Waals surface area contributed by atoms with Gasteiger partial charge in [-0.3, -0.25) is 0 Å². The SMILES string of the molecule is C=C1[C@H](O)CCC[C@H]1C(C)C. The van der Waals surface area contributed by atoms with E-state index in [1.54, 1.807) is 0 Å². The van der Waals surface area contributed by atoms with E-state index in [1.165, 1.54) is 6.42 Å². The van der Waals surface area contributed by atoms with Crippen molar-refractivity contribution in [3.05, 3.63) is 12.2 Å². The summed E-state index contributed by atoms with van der Waals surface area (Å²) >= 11 is 0. The summed E-state index contributed by atoms with van der Waals surface area (Å²) < 4.78 is 0. The molecule has 0 aromatic carbocycles. The van der Waals surface area contributed by atoms with Crippen LogP contribution in [0.1, 0.15) is 33.1 Å². The normalized spacial score (nSPS) is 32.9. The highest BCUT2D eigenvalue weighted by Crippen LogP contribution is 2.33. The molecule has 0 bridgehead atoms. The van der Waals surface area contributed by atoms with E-state index in [0.29, 0.717) is 11.8 Å². The largest absolute Gasteiger partial charge is 0.389 e. The molecule has 11 heavy (non-hydrogen) atoms. The van der Waals surface area contributed by atoms with Crippen molar-refractivity contribution in [3.8, 4) is 0 Å². The van der Waals surface area contributed by atoms with Crippen molar-refractivity contribution in [2.45, 2.75) is 39.2 Å². The Hall–Kier alpha value is -0.300. The van der Waals surface area contributed by atoms with E-state index in [0.717, 1.165) is 18.4 Å². The first-order valence-electron chi connectivity index (χ1n) is 4.49. The molecular formula is C10H18O. The first kappa shape index (κ1) is 8.79. The summed E-state index contributed by atoms with van der Waals surface area (Å²) in [6, 6.07) is 0. The van der Waals surface area contributed by atoms with Crippen LogP contribution in [0.2, 0.25) is 0 Å². The van der Waals surface area contributed by atoms with Crippen LogP contribution in [0.3, 0.4) is 0 Å². The molecule has 0 aromatic rings. The van der Waals surface area contributed by atoms with Gasteiger partial charge in [0.2, 0.25) is 0 Å². The molecule has 1 heteroatoms. The minimum absolute atomic E-state index is 0.226. The fraction of sp³-hybridized carbons (Fsp3) is 0.800. The van der Waals surface area contributed by atoms with Gasteiger partial charge in [0.1, 0.15) is 0 Å². The second-order valence-electron chi connectivity index (χ2n) is 3.87. The van der Waals surface area contributed by atoms with Gasteiger partial charge in [-0.2, -0.15) is 0 Å². The first-order chi connectivity index (χ1) is 5.13. The predicted molar refractivity (Wildman–Crippen MR) is 47.3 cm³/mol. The average molecular weight is 154 g/mol. The average Bonchev–Trinajstić information content (AvgIpc) is 1.94. The van der Waals surface area contributed by atoms with Gasteiger partial charge >= 0.3 is 0 Å². The molecule has 1 saturated carbocycles. The Morgan fingerprint density at radius 2 is 2.09 bits per heavy atom. The second kappa shape index (κ2) is 3.40. The van der Waals surface area contributed by atoms with Crippen LogP contribution >= 0.6 is 0 Å².